The first-order valence-electron chi connectivity index (χ1n) is 6.42. The second kappa shape index (κ2) is 6.73. The minimum absolute atomic E-state index is 0.411. The van der Waals surface area contributed by atoms with Gasteiger partial charge in [-0.05, 0) is 19.1 Å². The van der Waals surface area contributed by atoms with Crippen molar-refractivity contribution in [1.29, 1.82) is 0 Å². The van der Waals surface area contributed by atoms with Gasteiger partial charge in [-0.25, -0.2) is 9.18 Å². The quantitative estimate of drug-likeness (QED) is 0.630. The van der Waals surface area contributed by atoms with Gasteiger partial charge < -0.3 is 10.5 Å². The molecule has 0 heterocycles. The monoisotopic (exact) mass is 383 g/mol. The Morgan fingerprint density at radius 3 is 2.00 bits per heavy atom. The largest absolute Gasteiger partial charge is 0.462 e. The Hall–Kier alpha value is -1.98. The number of nitrogens with two attached hydrogens (primary N) is 1. The van der Waals surface area contributed by atoms with Crippen LogP contribution in [0.3, 0.4) is 0 Å². The van der Waals surface area contributed by atoms with Crippen molar-refractivity contribution in [3.8, 4) is 0 Å². The first-order valence-corrected chi connectivity index (χ1v) is 6.42. The van der Waals surface area contributed by atoms with E-state index in [0.717, 1.165) is 6.92 Å². The van der Waals surface area contributed by atoms with Crippen molar-refractivity contribution in [2.24, 2.45) is 5.73 Å². The van der Waals surface area contributed by atoms with Gasteiger partial charge in [-0.2, -0.15) is 35.1 Å². The average molecular weight is 383 g/mol. The van der Waals surface area contributed by atoms with Crippen LogP contribution in [-0.4, -0.2) is 18.5 Å². The van der Waals surface area contributed by atoms with Crippen molar-refractivity contribution in [3.05, 3.63) is 34.6 Å². The summed E-state index contributed by atoms with van der Waals surface area (Å²) in [6.45, 7) is 0.530. The molecule has 1 atom stereocenters. The second-order valence-electron chi connectivity index (χ2n) is 4.74. The van der Waals surface area contributed by atoms with E-state index in [1.807, 2.05) is 0 Å². The maximum atomic E-state index is 13.8. The highest BCUT2D eigenvalue weighted by Gasteiger charge is 2.52. The summed E-state index contributed by atoms with van der Waals surface area (Å²) in [5.41, 5.74) is -1.50. The highest BCUT2D eigenvalue weighted by atomic mass is 19.4. The fourth-order valence-electron chi connectivity index (χ4n) is 1.87. The minimum Gasteiger partial charge on any atom is -0.462 e. The predicted octanol–water partition coefficient (Wildman–Crippen LogP) is 4.06. The lowest BCUT2D eigenvalue weighted by Gasteiger charge is -2.25. The van der Waals surface area contributed by atoms with Crippen molar-refractivity contribution < 1.29 is 49.0 Å². The molecule has 2 N–H and O–H groups in total. The number of ether oxygens (including phenoxy) is 1. The molecule has 1 aromatic carbocycles. The zero-order valence-electron chi connectivity index (χ0n) is 12.2. The molecule has 12 heteroatoms. The summed E-state index contributed by atoms with van der Waals surface area (Å²) in [5, 5.41) is 0. The van der Waals surface area contributed by atoms with Crippen molar-refractivity contribution in [3.63, 3.8) is 0 Å². The fraction of sp³-hybridized carbons (Fsp3) is 0.462. The molecule has 3 nitrogen and oxygen atoms in total. The maximum Gasteiger partial charge on any atom is 0.416 e. The Morgan fingerprint density at radius 1 is 1.08 bits per heavy atom. The first-order chi connectivity index (χ1) is 11.1. The van der Waals surface area contributed by atoms with Crippen LogP contribution in [0.5, 0.6) is 0 Å². The third-order valence-electron chi connectivity index (χ3n) is 3.01. The summed E-state index contributed by atoms with van der Waals surface area (Å²) in [6, 6.07) is -4.18. The van der Waals surface area contributed by atoms with Crippen molar-refractivity contribution in [1.82, 2.24) is 0 Å². The molecule has 142 valence electrons. The van der Waals surface area contributed by atoms with Crippen LogP contribution in [-0.2, 0) is 21.9 Å². The number of benzene rings is 1. The molecule has 0 amide bonds. The molecule has 0 fully saturated rings. The summed E-state index contributed by atoms with van der Waals surface area (Å²) in [4.78, 5) is 11.1. The fourth-order valence-corrected chi connectivity index (χ4v) is 1.87. The van der Waals surface area contributed by atoms with Crippen LogP contribution in [0, 0.1) is 5.82 Å². The van der Waals surface area contributed by atoms with E-state index in [1.54, 1.807) is 0 Å². The zero-order valence-corrected chi connectivity index (χ0v) is 12.2. The molecular weight excluding hydrogens is 373 g/mol. The van der Waals surface area contributed by atoms with Crippen molar-refractivity contribution in [2.75, 3.05) is 6.61 Å². The van der Waals surface area contributed by atoms with E-state index in [2.05, 4.69) is 4.74 Å². The van der Waals surface area contributed by atoms with Crippen LogP contribution in [0.4, 0.5) is 39.5 Å². The van der Waals surface area contributed by atoms with Crippen LogP contribution in [0.25, 0.3) is 0 Å². The number of esters is 1. The van der Waals surface area contributed by atoms with Gasteiger partial charge in [0, 0.05) is 5.56 Å². The number of alkyl halides is 8. The van der Waals surface area contributed by atoms with Gasteiger partial charge in [-0.15, -0.1) is 0 Å². The Morgan fingerprint density at radius 2 is 1.60 bits per heavy atom. The third kappa shape index (κ3) is 4.35. The molecule has 1 aromatic rings. The molecule has 25 heavy (non-hydrogen) atoms. The van der Waals surface area contributed by atoms with Crippen molar-refractivity contribution >= 4 is 5.97 Å². The maximum absolute atomic E-state index is 13.8. The molecular formula is C13H10F9NO2. The van der Waals surface area contributed by atoms with Gasteiger partial charge in [0.2, 0.25) is 0 Å². The molecule has 0 radical (unpaired) electrons. The average Bonchev–Trinajstić information content (AvgIpc) is 2.43. The Bertz CT molecular complexity index is 652. The van der Waals surface area contributed by atoms with Crippen LogP contribution < -0.4 is 5.73 Å². The van der Waals surface area contributed by atoms with E-state index in [-0.39, 0.29) is 0 Å². The van der Waals surface area contributed by atoms with Gasteiger partial charge in [0.1, 0.15) is 11.9 Å². The highest BCUT2D eigenvalue weighted by Crippen LogP contribution is 2.43. The van der Waals surface area contributed by atoms with E-state index in [9.17, 15) is 44.3 Å². The molecule has 0 aliphatic rings. The minimum atomic E-state index is -5.64. The number of carbonyl (C=O) groups is 1. The molecule has 1 rings (SSSR count). The van der Waals surface area contributed by atoms with Crippen LogP contribution in [0.1, 0.15) is 29.7 Å². The van der Waals surface area contributed by atoms with Crippen LogP contribution in [0.15, 0.2) is 12.1 Å². The van der Waals surface area contributed by atoms with Gasteiger partial charge in [-0.3, -0.25) is 0 Å². The summed E-state index contributed by atoms with van der Waals surface area (Å²) < 4.78 is 122. The Balaban J connectivity index is 3.61. The lowest BCUT2D eigenvalue weighted by molar-refractivity contribution is -0.175. The summed E-state index contributed by atoms with van der Waals surface area (Å²) in [7, 11) is 0. The molecule has 0 bridgehead atoms. The van der Waals surface area contributed by atoms with Crippen LogP contribution >= 0.6 is 0 Å². The molecule has 0 saturated heterocycles. The molecule has 0 unspecified atom stereocenters. The van der Waals surface area contributed by atoms with Crippen LogP contribution in [0.2, 0.25) is 0 Å². The lowest BCUT2D eigenvalue weighted by atomic mass is 9.93. The van der Waals surface area contributed by atoms with Gasteiger partial charge >= 0.3 is 24.2 Å². The predicted molar refractivity (Wildman–Crippen MR) is 64.9 cm³/mol. The lowest BCUT2D eigenvalue weighted by Crippen LogP contribution is -2.43. The number of hydrogen-bond donors (Lipinski definition) is 1. The highest BCUT2D eigenvalue weighted by molar-refractivity contribution is 5.79. The van der Waals surface area contributed by atoms with E-state index in [4.69, 9.17) is 5.73 Å². The summed E-state index contributed by atoms with van der Waals surface area (Å²) >= 11 is 0. The first kappa shape index (κ1) is 21.1. The number of rotatable bonds is 4. The number of halogens is 9. The van der Waals surface area contributed by atoms with E-state index in [1.165, 1.54) is 0 Å². The topological polar surface area (TPSA) is 52.3 Å². The normalized spacial score (nSPS) is 14.4. The number of hydrogen-bond acceptors (Lipinski definition) is 3. The Labute approximate surface area is 134 Å². The van der Waals surface area contributed by atoms with Gasteiger partial charge in [0.15, 0.2) is 0 Å². The van der Waals surface area contributed by atoms with Crippen molar-refractivity contribution in [2.45, 2.75) is 31.2 Å². The molecule has 0 saturated carbocycles. The van der Waals surface area contributed by atoms with Gasteiger partial charge in [0.25, 0.3) is 0 Å². The molecule has 0 spiro atoms. The van der Waals surface area contributed by atoms with Gasteiger partial charge in [-0.1, -0.05) is 0 Å². The SMILES string of the molecule is CCOC(=O)C(F)(F)[C@H](N)c1c(F)cc(C(F)(F)F)cc1C(F)(F)F. The standard InChI is InChI=1S/C13H10F9NO2/c1-2-25-10(24)11(15,16)9(23)8-6(13(20,21)22)3-5(4-7(8)14)12(17,18)19/h3-4,9H,2,23H2,1H3/t9-/m1/s1. The van der Waals surface area contributed by atoms with E-state index >= 15 is 0 Å². The molecule has 0 aliphatic heterocycles. The van der Waals surface area contributed by atoms with Gasteiger partial charge in [0.05, 0.1) is 17.7 Å². The van der Waals surface area contributed by atoms with E-state index in [0.29, 0.717) is 0 Å². The second-order valence-corrected chi connectivity index (χ2v) is 4.74. The molecule has 0 aliphatic carbocycles. The number of carbonyl (C=O) groups excluding carboxylic acids is 1. The zero-order chi connectivity index (χ0) is 19.8. The van der Waals surface area contributed by atoms with E-state index < -0.39 is 71.5 Å². The smallest absolute Gasteiger partial charge is 0.416 e. The summed E-state index contributed by atoms with van der Waals surface area (Å²) in [5.74, 6) is -9.43. The summed E-state index contributed by atoms with van der Waals surface area (Å²) in [6.07, 6.45) is -11.0. The third-order valence-corrected chi connectivity index (χ3v) is 3.01. The Kier molecular flexibility index (Phi) is 5.67. The molecule has 0 aromatic heterocycles.